The molecular formula is C61H66N4S8. The van der Waals surface area contributed by atoms with Crippen LogP contribution >= 0.6 is 91.5 Å². The standard InChI is InChI=1S/C61H66N4S8/c1-5-9-13-17-21-39-23-29-49(66-39)51-33-31-47(68-51)41-25-27-43(57-55(41)62-72-64-57)53-37-45-59(70-53)60-46(61(45,35-19-15-11-7-3)36-20-16-12-8-4)38-54(71-60)44-28-26-42(56-58(44)65-73-63-56)48-32-34-52(69-48)50-30-24-40(67-50)22-18-14-10-6-2/h23-34,37-38H,5-22,35-36H2,1-4H3. The van der Waals surface area contributed by atoms with Crippen molar-refractivity contribution < 1.29 is 0 Å². The van der Waals surface area contributed by atoms with Gasteiger partial charge < -0.3 is 0 Å². The van der Waals surface area contributed by atoms with Gasteiger partial charge in [-0.15, -0.1) is 68.0 Å². The predicted octanol–water partition coefficient (Wildman–Crippen LogP) is 22.5. The summed E-state index contributed by atoms with van der Waals surface area (Å²) >= 11 is 14.4. The molecule has 1 aliphatic rings. The van der Waals surface area contributed by atoms with E-state index in [4.69, 9.17) is 17.5 Å². The fraction of sp³-hybridized carbons (Fsp3) is 0.410. The summed E-state index contributed by atoms with van der Waals surface area (Å²) < 4.78 is 20.1. The first-order valence-electron chi connectivity index (χ1n) is 27.2. The molecule has 2 aromatic carbocycles. The smallest absolute Gasteiger partial charge is 0.114 e. The molecule has 11 rings (SSSR count). The fourth-order valence-corrected chi connectivity index (χ4v) is 19.3. The van der Waals surface area contributed by atoms with Crippen molar-refractivity contribution in [2.75, 3.05) is 0 Å². The van der Waals surface area contributed by atoms with E-state index in [1.807, 2.05) is 68.0 Å². The first-order chi connectivity index (χ1) is 36.0. The van der Waals surface area contributed by atoms with E-state index in [0.717, 1.165) is 22.1 Å². The summed E-state index contributed by atoms with van der Waals surface area (Å²) in [4.78, 5) is 16.5. The van der Waals surface area contributed by atoms with Crippen LogP contribution in [0.15, 0.2) is 84.9 Å². The van der Waals surface area contributed by atoms with Crippen molar-refractivity contribution in [2.24, 2.45) is 0 Å². The predicted molar refractivity (Wildman–Crippen MR) is 328 cm³/mol. The molecule has 8 aromatic heterocycles. The summed E-state index contributed by atoms with van der Waals surface area (Å²) in [6.07, 6.45) is 25.3. The Morgan fingerprint density at radius 3 is 1.07 bits per heavy atom. The van der Waals surface area contributed by atoms with Crippen LogP contribution in [0.3, 0.4) is 0 Å². The molecule has 0 amide bonds. The zero-order valence-corrected chi connectivity index (χ0v) is 49.3. The van der Waals surface area contributed by atoms with Gasteiger partial charge in [0.15, 0.2) is 0 Å². The first kappa shape index (κ1) is 51.4. The van der Waals surface area contributed by atoms with Gasteiger partial charge in [-0.1, -0.05) is 142 Å². The highest BCUT2D eigenvalue weighted by atomic mass is 32.1. The minimum Gasteiger partial charge on any atom is -0.172 e. The quantitative estimate of drug-likeness (QED) is 0.0507. The average molecular weight is 1110 g/mol. The van der Waals surface area contributed by atoms with E-state index in [0.29, 0.717) is 0 Å². The Bertz CT molecular complexity index is 3190. The highest BCUT2D eigenvalue weighted by Crippen LogP contribution is 2.62. The zero-order valence-electron chi connectivity index (χ0n) is 42.8. The maximum Gasteiger partial charge on any atom is 0.114 e. The molecule has 0 spiro atoms. The maximum atomic E-state index is 5.06. The number of nitrogens with zero attached hydrogens (tertiary/aromatic N) is 4. The molecule has 0 fully saturated rings. The van der Waals surface area contributed by atoms with Gasteiger partial charge >= 0.3 is 0 Å². The van der Waals surface area contributed by atoms with Gasteiger partial charge in [0, 0.05) is 86.2 Å². The molecule has 1 aliphatic carbocycles. The Labute approximate surface area is 465 Å². The highest BCUT2D eigenvalue weighted by molar-refractivity contribution is 7.26. The third kappa shape index (κ3) is 10.6. The van der Waals surface area contributed by atoms with Gasteiger partial charge in [0.05, 0.1) is 23.5 Å². The van der Waals surface area contributed by atoms with Crippen LogP contribution in [0.5, 0.6) is 0 Å². The van der Waals surface area contributed by atoms with Crippen LogP contribution < -0.4 is 0 Å². The second kappa shape index (κ2) is 23.7. The second-order valence-electron chi connectivity index (χ2n) is 20.1. The summed E-state index contributed by atoms with van der Waals surface area (Å²) in [6.45, 7) is 9.24. The molecule has 10 aromatic rings. The Balaban J connectivity index is 0.928. The number of hydrogen-bond donors (Lipinski definition) is 0. The largest absolute Gasteiger partial charge is 0.172 e. The molecule has 0 N–H and O–H groups in total. The lowest BCUT2D eigenvalue weighted by atomic mass is 9.71. The number of hydrogen-bond acceptors (Lipinski definition) is 12. The van der Waals surface area contributed by atoms with Gasteiger partial charge in [-0.05, 0) is 110 Å². The normalized spacial score (nSPS) is 13.0. The van der Waals surface area contributed by atoms with E-state index < -0.39 is 0 Å². The van der Waals surface area contributed by atoms with Crippen molar-refractivity contribution in [3.8, 4) is 71.0 Å². The summed E-state index contributed by atoms with van der Waals surface area (Å²) in [5.41, 5.74) is 12.0. The van der Waals surface area contributed by atoms with Crippen molar-refractivity contribution in [2.45, 2.75) is 162 Å². The lowest BCUT2D eigenvalue weighted by Crippen LogP contribution is -2.25. The van der Waals surface area contributed by atoms with Gasteiger partial charge in [0.25, 0.3) is 0 Å². The van der Waals surface area contributed by atoms with E-state index in [-0.39, 0.29) is 5.41 Å². The number of unbranched alkanes of at least 4 members (excludes halogenated alkanes) is 12. The lowest BCUT2D eigenvalue weighted by molar-refractivity contribution is 0.402. The number of rotatable bonds is 26. The molecule has 4 nitrogen and oxygen atoms in total. The number of thiophene rings is 6. The van der Waals surface area contributed by atoms with Crippen molar-refractivity contribution in [1.29, 1.82) is 0 Å². The van der Waals surface area contributed by atoms with E-state index in [1.54, 1.807) is 11.1 Å². The number of fused-ring (bicyclic) bond motifs is 5. The Morgan fingerprint density at radius 2 is 0.671 bits per heavy atom. The van der Waals surface area contributed by atoms with Crippen LogP contribution in [-0.2, 0) is 18.3 Å². The molecule has 0 radical (unpaired) electrons. The van der Waals surface area contributed by atoms with Gasteiger partial charge in [-0.25, -0.2) is 0 Å². The highest BCUT2D eigenvalue weighted by Gasteiger charge is 2.46. The molecule has 0 saturated heterocycles. The Morgan fingerprint density at radius 1 is 0.329 bits per heavy atom. The van der Waals surface area contributed by atoms with Crippen LogP contribution in [0.1, 0.15) is 164 Å². The van der Waals surface area contributed by atoms with Crippen LogP contribution in [-0.4, -0.2) is 17.5 Å². The minimum atomic E-state index is -0.0243. The Kier molecular flexibility index (Phi) is 16.7. The van der Waals surface area contributed by atoms with E-state index in [9.17, 15) is 0 Å². The summed E-state index contributed by atoms with van der Waals surface area (Å²) in [5, 5.41) is 0. The molecule has 8 heterocycles. The van der Waals surface area contributed by atoms with Crippen molar-refractivity contribution >= 4 is 114 Å². The zero-order chi connectivity index (χ0) is 49.7. The summed E-state index contributed by atoms with van der Waals surface area (Å²) in [5.74, 6) is 0. The number of aromatic nitrogens is 4. The SMILES string of the molecule is CCCCCCc1ccc(-c2ccc(-c3ccc(-c4cc5c(s4)-c4sc(-c6ccc(-c7ccc(-c8ccc(CCCCCC)s8)s7)c7nsnc67)cc4C5(CCCCCC)CCCCCC)c4nsnc34)s2)s1. The Hall–Kier alpha value is -3.72. The topological polar surface area (TPSA) is 51.6 Å². The number of benzene rings is 2. The summed E-state index contributed by atoms with van der Waals surface area (Å²) in [6, 6.07) is 33.1. The fourth-order valence-electron chi connectivity index (χ4n) is 11.1. The molecule has 73 heavy (non-hydrogen) atoms. The van der Waals surface area contributed by atoms with Crippen LogP contribution in [0.25, 0.3) is 93.1 Å². The van der Waals surface area contributed by atoms with Crippen molar-refractivity contribution in [1.82, 2.24) is 17.5 Å². The number of aryl methyl sites for hydroxylation is 2. The van der Waals surface area contributed by atoms with Gasteiger partial charge in [-0.3, -0.25) is 0 Å². The van der Waals surface area contributed by atoms with Crippen LogP contribution in [0.2, 0.25) is 0 Å². The minimum absolute atomic E-state index is 0.0243. The summed E-state index contributed by atoms with van der Waals surface area (Å²) in [7, 11) is 0. The molecule has 0 unspecified atom stereocenters. The third-order valence-electron chi connectivity index (χ3n) is 15.1. The molecular weight excluding hydrogens is 1050 g/mol. The second-order valence-corrected chi connectivity index (χ2v) is 27.8. The maximum absolute atomic E-state index is 5.06. The van der Waals surface area contributed by atoms with Crippen molar-refractivity contribution in [3.05, 3.63) is 106 Å². The van der Waals surface area contributed by atoms with Gasteiger partial charge in [-0.2, -0.15) is 17.5 Å². The van der Waals surface area contributed by atoms with Crippen LogP contribution in [0, 0.1) is 0 Å². The first-order valence-corrected chi connectivity index (χ1v) is 33.5. The average Bonchev–Trinajstić information content (AvgIpc) is 4.26. The molecule has 0 bridgehead atoms. The van der Waals surface area contributed by atoms with E-state index in [1.165, 1.54) is 233 Å². The van der Waals surface area contributed by atoms with Gasteiger partial charge in [0.2, 0.25) is 0 Å². The van der Waals surface area contributed by atoms with E-state index >= 15 is 0 Å². The molecule has 0 aliphatic heterocycles. The van der Waals surface area contributed by atoms with E-state index in [2.05, 4.69) is 113 Å². The monoisotopic (exact) mass is 1110 g/mol. The molecule has 378 valence electrons. The third-order valence-corrected chi connectivity index (χ3v) is 23.6. The molecule has 0 atom stereocenters. The molecule has 0 saturated carbocycles. The van der Waals surface area contributed by atoms with Crippen molar-refractivity contribution in [3.63, 3.8) is 0 Å². The van der Waals surface area contributed by atoms with Gasteiger partial charge in [0.1, 0.15) is 22.1 Å². The lowest BCUT2D eigenvalue weighted by Gasteiger charge is -2.31. The molecule has 12 heteroatoms. The van der Waals surface area contributed by atoms with Crippen LogP contribution in [0.4, 0.5) is 0 Å².